The number of fused-ring (bicyclic) bond motifs is 2. The van der Waals surface area contributed by atoms with Crippen LogP contribution in [0.5, 0.6) is 0 Å². The Morgan fingerprint density at radius 2 is 2.08 bits per heavy atom. The van der Waals surface area contributed by atoms with E-state index in [2.05, 4.69) is 32.6 Å². The van der Waals surface area contributed by atoms with Gasteiger partial charge in [0.15, 0.2) is 0 Å². The van der Waals surface area contributed by atoms with E-state index in [4.69, 9.17) is 0 Å². The maximum absolute atomic E-state index is 2.71. The largest absolute Gasteiger partial charge is 0.295 e. The molecule has 2 bridgehead atoms. The molecule has 76 valence electrons. The standard InChI is InChI=1S/C12H23N/c1-5-6-10-7-11-8-13(9(10)2)12(11,3)4/h9-11H,5-8H2,1-4H3. The van der Waals surface area contributed by atoms with Crippen LogP contribution in [0, 0.1) is 11.8 Å². The first-order valence-corrected chi connectivity index (χ1v) is 5.84. The van der Waals surface area contributed by atoms with Gasteiger partial charge in [0.2, 0.25) is 0 Å². The van der Waals surface area contributed by atoms with E-state index < -0.39 is 0 Å². The van der Waals surface area contributed by atoms with Crippen LogP contribution < -0.4 is 0 Å². The van der Waals surface area contributed by atoms with Crippen LogP contribution in [0.25, 0.3) is 0 Å². The van der Waals surface area contributed by atoms with Crippen molar-refractivity contribution in [1.29, 1.82) is 0 Å². The molecule has 0 radical (unpaired) electrons. The zero-order valence-corrected chi connectivity index (χ0v) is 9.51. The average Bonchev–Trinajstić information content (AvgIpc) is 2.08. The number of hydrogen-bond donors (Lipinski definition) is 0. The van der Waals surface area contributed by atoms with Crippen LogP contribution in [0.3, 0.4) is 0 Å². The number of rotatable bonds is 2. The van der Waals surface area contributed by atoms with Crippen LogP contribution in [0.4, 0.5) is 0 Å². The second-order valence-electron chi connectivity index (χ2n) is 5.53. The number of nitrogens with zero attached hydrogens (tertiary/aromatic N) is 1. The van der Waals surface area contributed by atoms with Crippen molar-refractivity contribution < 1.29 is 0 Å². The molecule has 13 heavy (non-hydrogen) atoms. The third kappa shape index (κ3) is 1.24. The second kappa shape index (κ2) is 2.98. The van der Waals surface area contributed by atoms with Crippen LogP contribution in [0.1, 0.15) is 47.0 Å². The third-order valence-corrected chi connectivity index (χ3v) is 4.58. The lowest BCUT2D eigenvalue weighted by Crippen LogP contribution is -2.71. The summed E-state index contributed by atoms with van der Waals surface area (Å²) in [7, 11) is 0. The van der Waals surface area contributed by atoms with E-state index in [1.165, 1.54) is 25.8 Å². The quantitative estimate of drug-likeness (QED) is 0.633. The Morgan fingerprint density at radius 3 is 2.54 bits per heavy atom. The number of piperidine rings is 2. The van der Waals surface area contributed by atoms with Gasteiger partial charge >= 0.3 is 0 Å². The van der Waals surface area contributed by atoms with E-state index >= 15 is 0 Å². The predicted molar refractivity (Wildman–Crippen MR) is 56.8 cm³/mol. The summed E-state index contributed by atoms with van der Waals surface area (Å²) in [6, 6.07) is 0.833. The molecule has 0 aromatic heterocycles. The van der Waals surface area contributed by atoms with Crippen molar-refractivity contribution in [2.24, 2.45) is 11.8 Å². The van der Waals surface area contributed by atoms with Gasteiger partial charge in [-0.15, -0.1) is 0 Å². The smallest absolute Gasteiger partial charge is 0.0196 e. The maximum atomic E-state index is 2.71. The van der Waals surface area contributed by atoms with Gasteiger partial charge in [0, 0.05) is 18.1 Å². The summed E-state index contributed by atoms with van der Waals surface area (Å²) < 4.78 is 0. The molecular formula is C12H23N. The van der Waals surface area contributed by atoms with Gasteiger partial charge in [0.1, 0.15) is 0 Å². The fraction of sp³-hybridized carbons (Fsp3) is 1.00. The molecule has 1 heteroatoms. The first-order chi connectivity index (χ1) is 6.07. The van der Waals surface area contributed by atoms with Gasteiger partial charge in [0.25, 0.3) is 0 Å². The first kappa shape index (κ1) is 9.51. The van der Waals surface area contributed by atoms with Crippen LogP contribution in [0.2, 0.25) is 0 Å². The van der Waals surface area contributed by atoms with Crippen LogP contribution in [-0.4, -0.2) is 23.0 Å². The van der Waals surface area contributed by atoms with E-state index in [0.717, 1.165) is 17.9 Å². The zero-order chi connectivity index (χ0) is 9.64. The molecule has 3 rings (SSSR count). The summed E-state index contributed by atoms with van der Waals surface area (Å²) in [5.41, 5.74) is 0.518. The fourth-order valence-corrected chi connectivity index (χ4v) is 3.42. The zero-order valence-electron chi connectivity index (χ0n) is 9.51. The molecule has 3 saturated heterocycles. The third-order valence-electron chi connectivity index (χ3n) is 4.58. The Hall–Kier alpha value is -0.0400. The van der Waals surface area contributed by atoms with Gasteiger partial charge in [-0.1, -0.05) is 13.3 Å². The summed E-state index contributed by atoms with van der Waals surface area (Å²) in [4.78, 5) is 2.71. The van der Waals surface area contributed by atoms with Crippen molar-refractivity contribution in [1.82, 2.24) is 4.90 Å². The summed E-state index contributed by atoms with van der Waals surface area (Å²) >= 11 is 0. The molecule has 0 aromatic rings. The SMILES string of the molecule is CCCC1CC2CN(C1C)C2(C)C. The minimum Gasteiger partial charge on any atom is -0.295 e. The predicted octanol–water partition coefficient (Wildman–Crippen LogP) is 2.91. The Bertz CT molecular complexity index is 197. The highest BCUT2D eigenvalue weighted by atomic mass is 15.3. The maximum Gasteiger partial charge on any atom is 0.0196 e. The normalized spacial score (nSPS) is 47.1. The minimum atomic E-state index is 0.518. The van der Waals surface area contributed by atoms with Crippen molar-refractivity contribution in [3.8, 4) is 0 Å². The molecule has 0 amide bonds. The summed E-state index contributed by atoms with van der Waals surface area (Å²) in [5.74, 6) is 1.97. The van der Waals surface area contributed by atoms with Crippen molar-refractivity contribution in [3.05, 3.63) is 0 Å². The first-order valence-electron chi connectivity index (χ1n) is 5.84. The average molecular weight is 181 g/mol. The lowest BCUT2D eigenvalue weighted by molar-refractivity contribution is -0.151. The topological polar surface area (TPSA) is 3.24 Å². The molecule has 3 heterocycles. The van der Waals surface area contributed by atoms with Crippen LogP contribution in [0.15, 0.2) is 0 Å². The van der Waals surface area contributed by atoms with Gasteiger partial charge < -0.3 is 0 Å². The van der Waals surface area contributed by atoms with Crippen molar-refractivity contribution >= 4 is 0 Å². The van der Waals surface area contributed by atoms with E-state index in [9.17, 15) is 0 Å². The Morgan fingerprint density at radius 1 is 1.38 bits per heavy atom. The molecule has 0 spiro atoms. The van der Waals surface area contributed by atoms with Gasteiger partial charge in [-0.25, -0.2) is 0 Å². The Kier molecular flexibility index (Phi) is 2.18. The van der Waals surface area contributed by atoms with Crippen LogP contribution in [-0.2, 0) is 0 Å². The summed E-state index contributed by atoms with van der Waals surface area (Å²) in [5, 5.41) is 0. The van der Waals surface area contributed by atoms with E-state index in [-0.39, 0.29) is 0 Å². The molecule has 4 atom stereocenters. The molecule has 0 N–H and O–H groups in total. The van der Waals surface area contributed by atoms with Gasteiger partial charge in [-0.2, -0.15) is 0 Å². The fourth-order valence-electron chi connectivity index (χ4n) is 3.42. The Balaban J connectivity index is 2.03. The molecule has 3 fully saturated rings. The van der Waals surface area contributed by atoms with E-state index in [1.54, 1.807) is 0 Å². The molecule has 0 aliphatic carbocycles. The molecule has 1 nitrogen and oxygen atoms in total. The van der Waals surface area contributed by atoms with E-state index in [1.807, 2.05) is 0 Å². The van der Waals surface area contributed by atoms with Crippen molar-refractivity contribution in [2.75, 3.05) is 6.54 Å². The highest BCUT2D eigenvalue weighted by Crippen LogP contribution is 2.49. The van der Waals surface area contributed by atoms with Crippen molar-refractivity contribution in [3.63, 3.8) is 0 Å². The molecular weight excluding hydrogens is 158 g/mol. The number of hydrogen-bond acceptors (Lipinski definition) is 1. The molecule has 3 aliphatic rings. The molecule has 0 aromatic carbocycles. The summed E-state index contributed by atoms with van der Waals surface area (Å²) in [6.07, 6.45) is 4.28. The highest BCUT2D eigenvalue weighted by molar-refractivity contribution is 5.08. The molecule has 4 unspecified atom stereocenters. The monoisotopic (exact) mass is 181 g/mol. The van der Waals surface area contributed by atoms with Crippen LogP contribution >= 0.6 is 0 Å². The van der Waals surface area contributed by atoms with E-state index in [0.29, 0.717) is 5.54 Å². The minimum absolute atomic E-state index is 0.518. The molecule has 0 saturated carbocycles. The van der Waals surface area contributed by atoms with Gasteiger partial charge in [-0.05, 0) is 45.4 Å². The Labute approximate surface area is 82.5 Å². The van der Waals surface area contributed by atoms with Gasteiger partial charge in [-0.3, -0.25) is 4.90 Å². The molecule has 3 aliphatic heterocycles. The summed E-state index contributed by atoms with van der Waals surface area (Å²) in [6.45, 7) is 10.9. The van der Waals surface area contributed by atoms with Crippen molar-refractivity contribution in [2.45, 2.75) is 58.5 Å². The highest BCUT2D eigenvalue weighted by Gasteiger charge is 2.53. The lowest BCUT2D eigenvalue weighted by Gasteiger charge is -2.64. The second-order valence-corrected chi connectivity index (χ2v) is 5.53. The van der Waals surface area contributed by atoms with Gasteiger partial charge in [0.05, 0.1) is 0 Å². The lowest BCUT2D eigenvalue weighted by atomic mass is 9.64.